The fourth-order valence-corrected chi connectivity index (χ4v) is 7.46. The van der Waals surface area contributed by atoms with Gasteiger partial charge in [0, 0.05) is 26.4 Å². The summed E-state index contributed by atoms with van der Waals surface area (Å²) >= 11 is 0. The molecule has 19 heteroatoms. The van der Waals surface area contributed by atoms with E-state index in [9.17, 15) is 38.4 Å². The van der Waals surface area contributed by atoms with Crippen molar-refractivity contribution in [2.45, 2.75) is 116 Å². The molecule has 0 saturated heterocycles. The molecule has 5 atom stereocenters. The van der Waals surface area contributed by atoms with Crippen LogP contribution < -0.4 is 49.1 Å². The molecule has 12 N–H and O–H groups in total. The predicted octanol–water partition coefficient (Wildman–Crippen LogP) is 1.15. The van der Waals surface area contributed by atoms with Gasteiger partial charge in [0.15, 0.2) is 5.96 Å². The van der Waals surface area contributed by atoms with Gasteiger partial charge in [-0.25, -0.2) is 0 Å². The lowest BCUT2D eigenvalue weighted by Crippen LogP contribution is -2.56. The maximum Gasteiger partial charge on any atom is 0.257 e. The standard InChI is InChI=1S/C46H63N11O8/c1-5-6-14-35(53-29(4)58)42(62)52-28(3)41(61)50-21-10-9-16-38-44(64)55-34-20-17-27(2)23-33(34)45(65)57(38)26-39(59)54-36(15-11-22-51-46(48)49)43(63)56-37(40(47)60)25-30-18-19-31-12-7-8-13-32(31)24-30/h7-8,12-13,17-20,23-24,28,35-38H,5-6,9-11,14-16,21-22,25-26H2,1-4H3,(H2,47,60)(H,50,61)(H,52,62)(H,53,58)(H,54,59)(H,55,64)(H,56,63)(H4,48,49,51)/t28-,35-,36-,37-,38-/m0/s1. The number of carbonyl (C=O) groups is 8. The van der Waals surface area contributed by atoms with Gasteiger partial charge in [0.05, 0.1) is 11.3 Å². The summed E-state index contributed by atoms with van der Waals surface area (Å²) in [4.78, 5) is 111. The molecular weight excluding hydrogens is 835 g/mol. The lowest BCUT2D eigenvalue weighted by Gasteiger charge is -2.29. The van der Waals surface area contributed by atoms with Crippen LogP contribution >= 0.6 is 0 Å². The van der Waals surface area contributed by atoms with Crippen molar-refractivity contribution in [3.63, 3.8) is 0 Å². The van der Waals surface area contributed by atoms with Gasteiger partial charge >= 0.3 is 0 Å². The van der Waals surface area contributed by atoms with E-state index in [0.29, 0.717) is 25.7 Å². The zero-order valence-electron chi connectivity index (χ0n) is 37.5. The highest BCUT2D eigenvalue weighted by Gasteiger charge is 2.37. The van der Waals surface area contributed by atoms with E-state index in [4.69, 9.17) is 17.2 Å². The van der Waals surface area contributed by atoms with Crippen LogP contribution in [0.15, 0.2) is 65.7 Å². The van der Waals surface area contributed by atoms with Gasteiger partial charge in [-0.3, -0.25) is 43.3 Å². The van der Waals surface area contributed by atoms with Gasteiger partial charge in [0.1, 0.15) is 36.8 Å². The van der Waals surface area contributed by atoms with Crippen LogP contribution in [0.3, 0.4) is 0 Å². The van der Waals surface area contributed by atoms with Crippen LogP contribution in [0.1, 0.15) is 93.6 Å². The second-order valence-electron chi connectivity index (χ2n) is 16.3. The number of carbonyl (C=O) groups excluding carboxylic acids is 8. The molecule has 1 aliphatic rings. The molecular formula is C46H63N11O8. The molecule has 0 bridgehead atoms. The first-order valence-electron chi connectivity index (χ1n) is 22.0. The van der Waals surface area contributed by atoms with Gasteiger partial charge in [0.25, 0.3) is 5.91 Å². The average molecular weight is 898 g/mol. The van der Waals surface area contributed by atoms with Gasteiger partial charge in [-0.05, 0) is 80.8 Å². The maximum atomic E-state index is 14.2. The molecule has 1 aliphatic heterocycles. The number of fused-ring (bicyclic) bond motifs is 2. The molecule has 65 heavy (non-hydrogen) atoms. The first-order chi connectivity index (χ1) is 31.0. The summed E-state index contributed by atoms with van der Waals surface area (Å²) in [6.07, 6.45) is 3.15. The second kappa shape index (κ2) is 24.7. The smallest absolute Gasteiger partial charge is 0.257 e. The van der Waals surface area contributed by atoms with Crippen molar-refractivity contribution in [1.29, 1.82) is 0 Å². The van der Waals surface area contributed by atoms with Crippen LogP contribution in [0, 0.1) is 6.92 Å². The van der Waals surface area contributed by atoms with E-state index in [1.807, 2.05) is 49.4 Å². The van der Waals surface area contributed by atoms with E-state index in [1.54, 1.807) is 25.1 Å². The number of rotatable bonds is 24. The molecule has 8 amide bonds. The Morgan fingerprint density at radius 2 is 1.48 bits per heavy atom. The molecule has 3 aromatic rings. The first-order valence-corrected chi connectivity index (χ1v) is 22.0. The van der Waals surface area contributed by atoms with Crippen LogP contribution in [0.25, 0.3) is 10.8 Å². The third-order valence-corrected chi connectivity index (χ3v) is 10.9. The lowest BCUT2D eigenvalue weighted by molar-refractivity contribution is -0.132. The Balaban J connectivity index is 1.45. The highest BCUT2D eigenvalue weighted by Crippen LogP contribution is 2.26. The van der Waals surface area contributed by atoms with E-state index in [0.717, 1.165) is 33.2 Å². The minimum atomic E-state index is -1.22. The molecule has 0 fully saturated rings. The Morgan fingerprint density at radius 3 is 2.17 bits per heavy atom. The summed E-state index contributed by atoms with van der Waals surface area (Å²) in [5.41, 5.74) is 18.7. The number of primary amides is 1. The van der Waals surface area contributed by atoms with E-state index < -0.39 is 78.1 Å². The zero-order chi connectivity index (χ0) is 47.6. The number of nitrogens with zero attached hydrogens (tertiary/aromatic N) is 2. The summed E-state index contributed by atoms with van der Waals surface area (Å²) in [5, 5.41) is 18.2. The predicted molar refractivity (Wildman–Crippen MR) is 247 cm³/mol. The van der Waals surface area contributed by atoms with Gasteiger partial charge in [-0.15, -0.1) is 0 Å². The number of aliphatic imine (C=N–C) groups is 1. The minimum absolute atomic E-state index is 0.0401. The molecule has 0 spiro atoms. The fraction of sp³-hybridized carbons (Fsp3) is 0.457. The topological polar surface area (TPSA) is 302 Å². The highest BCUT2D eigenvalue weighted by atomic mass is 16.2. The Kier molecular flexibility index (Phi) is 19.2. The quantitative estimate of drug-likeness (QED) is 0.0351. The molecule has 0 unspecified atom stereocenters. The molecule has 4 rings (SSSR count). The summed E-state index contributed by atoms with van der Waals surface area (Å²) in [6.45, 7) is 6.30. The molecule has 0 saturated carbocycles. The first kappa shape index (κ1) is 50.6. The number of nitrogens with one attached hydrogen (secondary N) is 6. The van der Waals surface area contributed by atoms with Crippen molar-refractivity contribution in [1.82, 2.24) is 31.5 Å². The molecule has 19 nitrogen and oxygen atoms in total. The number of hydrogen-bond acceptors (Lipinski definition) is 9. The van der Waals surface area contributed by atoms with E-state index in [1.165, 1.54) is 13.8 Å². The Morgan fingerprint density at radius 1 is 0.785 bits per heavy atom. The van der Waals surface area contributed by atoms with Crippen molar-refractivity contribution in [3.8, 4) is 0 Å². The minimum Gasteiger partial charge on any atom is -0.370 e. The summed E-state index contributed by atoms with van der Waals surface area (Å²) in [6, 6.07) is 13.1. The molecule has 350 valence electrons. The fourth-order valence-electron chi connectivity index (χ4n) is 7.46. The summed E-state index contributed by atoms with van der Waals surface area (Å²) < 4.78 is 0. The summed E-state index contributed by atoms with van der Waals surface area (Å²) in [5.74, 6) is -4.79. The number of benzene rings is 3. The molecule has 0 aliphatic carbocycles. The molecule has 3 aromatic carbocycles. The van der Waals surface area contributed by atoms with Crippen LogP contribution in [0.5, 0.6) is 0 Å². The third-order valence-electron chi connectivity index (χ3n) is 10.9. The zero-order valence-corrected chi connectivity index (χ0v) is 37.5. The second-order valence-corrected chi connectivity index (χ2v) is 16.3. The Labute approximate surface area is 378 Å². The van der Waals surface area contributed by atoms with Crippen LogP contribution in [-0.4, -0.2) is 108 Å². The Bertz CT molecular complexity index is 2240. The maximum absolute atomic E-state index is 14.2. The van der Waals surface area contributed by atoms with Gasteiger partial charge in [-0.1, -0.05) is 73.9 Å². The van der Waals surface area contributed by atoms with E-state index >= 15 is 0 Å². The van der Waals surface area contributed by atoms with Crippen LogP contribution in [-0.2, 0) is 40.0 Å². The number of guanidine groups is 1. The molecule has 1 heterocycles. The van der Waals surface area contributed by atoms with Gasteiger partial charge in [-0.2, -0.15) is 0 Å². The molecule has 0 radical (unpaired) electrons. The van der Waals surface area contributed by atoms with E-state index in [-0.39, 0.29) is 61.9 Å². The Hall–Kier alpha value is -7.05. The number of amides is 8. The normalized spacial score (nSPS) is 15.2. The number of aryl methyl sites for hydroxylation is 1. The number of anilines is 1. The number of nitrogens with two attached hydrogens (primary N) is 3. The number of unbranched alkanes of at least 4 members (excludes halogenated alkanes) is 2. The largest absolute Gasteiger partial charge is 0.370 e. The average Bonchev–Trinajstić information content (AvgIpc) is 3.34. The summed E-state index contributed by atoms with van der Waals surface area (Å²) in [7, 11) is 0. The van der Waals surface area contributed by atoms with Crippen molar-refractivity contribution >= 4 is 69.7 Å². The van der Waals surface area contributed by atoms with Crippen LogP contribution in [0.2, 0.25) is 0 Å². The lowest BCUT2D eigenvalue weighted by atomic mass is 10.0. The molecule has 0 aromatic heterocycles. The van der Waals surface area contributed by atoms with Crippen molar-refractivity contribution in [3.05, 3.63) is 77.4 Å². The van der Waals surface area contributed by atoms with Crippen molar-refractivity contribution in [2.75, 3.05) is 25.0 Å². The third kappa shape index (κ3) is 15.6. The van der Waals surface area contributed by atoms with E-state index in [2.05, 4.69) is 36.9 Å². The highest BCUT2D eigenvalue weighted by molar-refractivity contribution is 6.11. The van der Waals surface area contributed by atoms with Crippen molar-refractivity contribution in [2.24, 2.45) is 22.2 Å². The van der Waals surface area contributed by atoms with Gasteiger partial charge < -0.3 is 54.0 Å². The van der Waals surface area contributed by atoms with Gasteiger partial charge in [0.2, 0.25) is 41.4 Å². The van der Waals surface area contributed by atoms with Crippen molar-refractivity contribution < 1.29 is 38.4 Å². The SMILES string of the molecule is CCCC[C@H](NC(C)=O)C(=O)N[C@@H](C)C(=O)NCCCC[C@H]1C(=O)Nc2ccc(C)cc2C(=O)N1CC(=O)N[C@@H](CCCN=C(N)N)C(=O)N[C@@H](Cc1ccc2ccccc2c1)C(N)=O. The monoisotopic (exact) mass is 897 g/mol. The number of hydrogen-bond donors (Lipinski definition) is 9. The van der Waals surface area contributed by atoms with Crippen LogP contribution in [0.4, 0.5) is 5.69 Å².